The molecule has 2 heterocycles. The Balaban J connectivity index is 1.93. The SMILES string of the molecule is CC(Oc1cccnc1)C(=O)N1CCC(C)(CN)C1. The predicted octanol–water partition coefficient (Wildman–Crippen LogP) is 1.05. The van der Waals surface area contributed by atoms with E-state index >= 15 is 0 Å². The highest BCUT2D eigenvalue weighted by atomic mass is 16.5. The third kappa shape index (κ3) is 3.23. The van der Waals surface area contributed by atoms with Crippen molar-refractivity contribution in [2.24, 2.45) is 11.1 Å². The minimum absolute atomic E-state index is 0.0148. The second-order valence-electron chi connectivity index (χ2n) is 5.47. The van der Waals surface area contributed by atoms with Gasteiger partial charge in [0.2, 0.25) is 0 Å². The van der Waals surface area contributed by atoms with Crippen LogP contribution in [-0.4, -0.2) is 41.5 Å². The molecule has 0 aliphatic carbocycles. The van der Waals surface area contributed by atoms with Crippen molar-refractivity contribution in [3.05, 3.63) is 24.5 Å². The summed E-state index contributed by atoms with van der Waals surface area (Å²) in [6.07, 6.45) is 3.74. The summed E-state index contributed by atoms with van der Waals surface area (Å²) in [6.45, 7) is 5.96. The van der Waals surface area contributed by atoms with Gasteiger partial charge in [0, 0.05) is 19.3 Å². The number of hydrogen-bond donors (Lipinski definition) is 1. The number of nitrogens with two attached hydrogens (primary N) is 1. The maximum Gasteiger partial charge on any atom is 0.263 e. The molecule has 2 rings (SSSR count). The molecule has 5 nitrogen and oxygen atoms in total. The van der Waals surface area contributed by atoms with Crippen LogP contribution in [0.2, 0.25) is 0 Å². The van der Waals surface area contributed by atoms with E-state index in [2.05, 4.69) is 11.9 Å². The summed E-state index contributed by atoms with van der Waals surface area (Å²) in [5.41, 5.74) is 5.80. The Labute approximate surface area is 113 Å². The van der Waals surface area contributed by atoms with Gasteiger partial charge >= 0.3 is 0 Å². The van der Waals surface area contributed by atoms with Crippen LogP contribution in [0.5, 0.6) is 5.75 Å². The van der Waals surface area contributed by atoms with E-state index in [1.165, 1.54) is 0 Å². The van der Waals surface area contributed by atoms with Crippen LogP contribution in [0.3, 0.4) is 0 Å². The minimum atomic E-state index is -0.496. The lowest BCUT2D eigenvalue weighted by Gasteiger charge is -2.24. The Morgan fingerprint density at radius 1 is 1.68 bits per heavy atom. The van der Waals surface area contributed by atoms with Crippen LogP contribution in [0.25, 0.3) is 0 Å². The number of nitrogens with zero attached hydrogens (tertiary/aromatic N) is 2. The molecular formula is C14H21N3O2. The van der Waals surface area contributed by atoms with Gasteiger partial charge in [0.05, 0.1) is 6.20 Å². The highest BCUT2D eigenvalue weighted by Crippen LogP contribution is 2.29. The number of rotatable bonds is 4. The van der Waals surface area contributed by atoms with Crippen molar-refractivity contribution in [3.8, 4) is 5.75 Å². The normalized spacial score (nSPS) is 24.3. The van der Waals surface area contributed by atoms with E-state index in [1.807, 2.05) is 4.90 Å². The first-order valence-electron chi connectivity index (χ1n) is 6.60. The van der Waals surface area contributed by atoms with E-state index < -0.39 is 6.10 Å². The van der Waals surface area contributed by atoms with Crippen LogP contribution in [0, 0.1) is 5.41 Å². The Bertz CT molecular complexity index is 438. The molecule has 19 heavy (non-hydrogen) atoms. The van der Waals surface area contributed by atoms with Crippen molar-refractivity contribution in [1.82, 2.24) is 9.88 Å². The number of carbonyl (C=O) groups excluding carboxylic acids is 1. The first kappa shape index (κ1) is 13.8. The van der Waals surface area contributed by atoms with Crippen LogP contribution in [0.4, 0.5) is 0 Å². The second kappa shape index (κ2) is 5.57. The highest BCUT2D eigenvalue weighted by molar-refractivity contribution is 5.81. The minimum Gasteiger partial charge on any atom is -0.479 e. The molecule has 1 aliphatic rings. The summed E-state index contributed by atoms with van der Waals surface area (Å²) >= 11 is 0. The van der Waals surface area contributed by atoms with Crippen LogP contribution < -0.4 is 10.5 Å². The van der Waals surface area contributed by atoms with Gasteiger partial charge in [-0.05, 0) is 37.4 Å². The highest BCUT2D eigenvalue weighted by Gasteiger charge is 2.36. The topological polar surface area (TPSA) is 68.5 Å². The van der Waals surface area contributed by atoms with E-state index in [4.69, 9.17) is 10.5 Å². The molecule has 0 saturated carbocycles. The van der Waals surface area contributed by atoms with E-state index in [1.54, 1.807) is 31.5 Å². The lowest BCUT2D eigenvalue weighted by atomic mass is 9.90. The molecule has 2 N–H and O–H groups in total. The van der Waals surface area contributed by atoms with Gasteiger partial charge in [0.15, 0.2) is 6.10 Å². The zero-order valence-electron chi connectivity index (χ0n) is 11.5. The zero-order chi connectivity index (χ0) is 13.9. The summed E-state index contributed by atoms with van der Waals surface area (Å²) in [4.78, 5) is 18.1. The van der Waals surface area contributed by atoms with Gasteiger partial charge in [-0.2, -0.15) is 0 Å². The molecule has 1 aliphatic heterocycles. The van der Waals surface area contributed by atoms with Gasteiger partial charge in [-0.15, -0.1) is 0 Å². The molecule has 2 unspecified atom stereocenters. The summed E-state index contributed by atoms with van der Waals surface area (Å²) in [5, 5.41) is 0. The van der Waals surface area contributed by atoms with Gasteiger partial charge in [-0.25, -0.2) is 0 Å². The molecular weight excluding hydrogens is 242 g/mol. The fraction of sp³-hybridized carbons (Fsp3) is 0.571. The summed E-state index contributed by atoms with van der Waals surface area (Å²) in [7, 11) is 0. The summed E-state index contributed by atoms with van der Waals surface area (Å²) in [6, 6.07) is 3.58. The molecule has 0 bridgehead atoms. The van der Waals surface area contributed by atoms with Gasteiger partial charge in [-0.3, -0.25) is 9.78 Å². The average Bonchev–Trinajstić information content (AvgIpc) is 2.82. The second-order valence-corrected chi connectivity index (χ2v) is 5.47. The molecule has 1 aromatic heterocycles. The van der Waals surface area contributed by atoms with Crippen LogP contribution in [-0.2, 0) is 4.79 Å². The largest absolute Gasteiger partial charge is 0.479 e. The van der Waals surface area contributed by atoms with Crippen LogP contribution in [0.15, 0.2) is 24.5 Å². The Morgan fingerprint density at radius 3 is 3.05 bits per heavy atom. The van der Waals surface area contributed by atoms with Crippen molar-refractivity contribution >= 4 is 5.91 Å². The van der Waals surface area contributed by atoms with E-state index in [0.29, 0.717) is 18.8 Å². The maximum atomic E-state index is 12.3. The lowest BCUT2D eigenvalue weighted by Crippen LogP contribution is -2.41. The van der Waals surface area contributed by atoms with Gasteiger partial charge < -0.3 is 15.4 Å². The van der Waals surface area contributed by atoms with Crippen LogP contribution in [0.1, 0.15) is 20.3 Å². The standard InChI is InChI=1S/C14H21N3O2/c1-11(19-12-4-3-6-16-8-12)13(18)17-7-5-14(2,9-15)10-17/h3-4,6,8,11H,5,7,9-10,15H2,1-2H3. The zero-order valence-corrected chi connectivity index (χ0v) is 11.5. The Hall–Kier alpha value is -1.62. The predicted molar refractivity (Wildman–Crippen MR) is 72.7 cm³/mol. The van der Waals surface area contributed by atoms with Crippen molar-refractivity contribution in [3.63, 3.8) is 0 Å². The molecule has 0 radical (unpaired) electrons. The molecule has 0 spiro atoms. The molecule has 2 atom stereocenters. The van der Waals surface area contributed by atoms with Gasteiger partial charge in [-0.1, -0.05) is 6.92 Å². The van der Waals surface area contributed by atoms with Gasteiger partial charge in [0.1, 0.15) is 5.75 Å². The fourth-order valence-corrected chi connectivity index (χ4v) is 2.31. The summed E-state index contributed by atoms with van der Waals surface area (Å²) < 4.78 is 5.61. The Kier molecular flexibility index (Phi) is 4.04. The van der Waals surface area contributed by atoms with E-state index in [0.717, 1.165) is 13.0 Å². The fourth-order valence-electron chi connectivity index (χ4n) is 2.31. The first-order chi connectivity index (χ1) is 9.04. The third-order valence-corrected chi connectivity index (χ3v) is 3.66. The summed E-state index contributed by atoms with van der Waals surface area (Å²) in [5.74, 6) is 0.630. The molecule has 5 heteroatoms. The number of hydrogen-bond acceptors (Lipinski definition) is 4. The van der Waals surface area contributed by atoms with Crippen molar-refractivity contribution in [2.45, 2.75) is 26.4 Å². The lowest BCUT2D eigenvalue weighted by molar-refractivity contribution is -0.137. The third-order valence-electron chi connectivity index (χ3n) is 3.66. The Morgan fingerprint density at radius 2 is 2.47 bits per heavy atom. The number of carbonyl (C=O) groups is 1. The number of amides is 1. The maximum absolute atomic E-state index is 12.3. The number of aromatic nitrogens is 1. The van der Waals surface area contributed by atoms with Gasteiger partial charge in [0.25, 0.3) is 5.91 Å². The number of likely N-dealkylation sites (tertiary alicyclic amines) is 1. The quantitative estimate of drug-likeness (QED) is 0.881. The molecule has 1 fully saturated rings. The number of ether oxygens (including phenoxy) is 1. The smallest absolute Gasteiger partial charge is 0.263 e. The van der Waals surface area contributed by atoms with E-state index in [-0.39, 0.29) is 11.3 Å². The van der Waals surface area contributed by atoms with E-state index in [9.17, 15) is 4.79 Å². The molecule has 1 aromatic rings. The van der Waals surface area contributed by atoms with Crippen LogP contribution >= 0.6 is 0 Å². The number of pyridine rings is 1. The molecule has 104 valence electrons. The van der Waals surface area contributed by atoms with Crippen molar-refractivity contribution in [1.29, 1.82) is 0 Å². The average molecular weight is 263 g/mol. The monoisotopic (exact) mass is 263 g/mol. The molecule has 1 saturated heterocycles. The molecule has 1 amide bonds. The first-order valence-corrected chi connectivity index (χ1v) is 6.60. The van der Waals surface area contributed by atoms with Crippen molar-refractivity contribution < 1.29 is 9.53 Å². The molecule has 0 aromatic carbocycles. The van der Waals surface area contributed by atoms with Crippen molar-refractivity contribution in [2.75, 3.05) is 19.6 Å².